The van der Waals surface area contributed by atoms with E-state index < -0.39 is 5.97 Å². The maximum Gasteiger partial charge on any atom is 0.337 e. The van der Waals surface area contributed by atoms with Crippen LogP contribution in [0.15, 0.2) is 36.7 Å². The summed E-state index contributed by atoms with van der Waals surface area (Å²) in [6.07, 6.45) is 3.06. The van der Waals surface area contributed by atoms with Gasteiger partial charge in [-0.05, 0) is 36.6 Å². The predicted molar refractivity (Wildman–Crippen MR) is 66.1 cm³/mol. The maximum atomic E-state index is 10.9. The van der Waals surface area contributed by atoms with Gasteiger partial charge in [-0.15, -0.1) is 0 Å². The van der Waals surface area contributed by atoms with Crippen LogP contribution < -0.4 is 0 Å². The van der Waals surface area contributed by atoms with Crippen molar-refractivity contribution in [2.45, 2.75) is 13.8 Å². The molecule has 0 aliphatic heterocycles. The molecule has 0 aliphatic carbocycles. The van der Waals surface area contributed by atoms with E-state index >= 15 is 0 Å². The fraction of sp³-hybridized carbons (Fsp3) is 0.143. The molecule has 0 fully saturated rings. The molecule has 0 spiro atoms. The minimum Gasteiger partial charge on any atom is -0.478 e. The van der Waals surface area contributed by atoms with Crippen molar-refractivity contribution >= 4 is 5.97 Å². The zero-order valence-electron chi connectivity index (χ0n) is 9.77. The van der Waals surface area contributed by atoms with Gasteiger partial charge in [0.2, 0.25) is 0 Å². The monoisotopic (exact) mass is 227 g/mol. The molecule has 3 heteroatoms. The average Bonchev–Trinajstić information content (AvgIpc) is 2.29. The van der Waals surface area contributed by atoms with Crippen LogP contribution in [0.5, 0.6) is 0 Å². The highest BCUT2D eigenvalue weighted by atomic mass is 16.4. The number of benzene rings is 1. The lowest BCUT2D eigenvalue weighted by molar-refractivity contribution is 0.0696. The number of hydrogen-bond donors (Lipinski definition) is 1. The fourth-order valence-corrected chi connectivity index (χ4v) is 1.96. The lowest BCUT2D eigenvalue weighted by Crippen LogP contribution is -1.98. The Labute approximate surface area is 99.8 Å². The van der Waals surface area contributed by atoms with E-state index in [4.69, 9.17) is 5.11 Å². The van der Waals surface area contributed by atoms with Crippen molar-refractivity contribution in [3.05, 3.63) is 53.3 Å². The normalized spacial score (nSPS) is 10.2. The zero-order valence-corrected chi connectivity index (χ0v) is 9.77. The van der Waals surface area contributed by atoms with Gasteiger partial charge in [0.05, 0.1) is 5.56 Å². The Morgan fingerprint density at radius 1 is 1.18 bits per heavy atom. The van der Waals surface area contributed by atoms with Crippen LogP contribution in [0, 0.1) is 13.8 Å². The first-order chi connectivity index (χ1) is 8.09. The number of aromatic nitrogens is 1. The highest BCUT2D eigenvalue weighted by Gasteiger charge is 2.09. The summed E-state index contributed by atoms with van der Waals surface area (Å²) in [6, 6.07) is 7.67. The van der Waals surface area contributed by atoms with Gasteiger partial charge in [-0.25, -0.2) is 4.79 Å². The number of carbonyl (C=O) groups is 1. The van der Waals surface area contributed by atoms with Crippen molar-refractivity contribution in [3.8, 4) is 11.1 Å². The Hall–Kier alpha value is -2.16. The summed E-state index contributed by atoms with van der Waals surface area (Å²) in [5, 5.41) is 8.95. The lowest BCUT2D eigenvalue weighted by atomic mass is 9.96. The molecule has 0 saturated carbocycles. The number of carboxylic acid groups (broad SMARTS) is 1. The van der Waals surface area contributed by atoms with E-state index in [2.05, 4.69) is 4.98 Å². The van der Waals surface area contributed by atoms with Crippen LogP contribution in [0.25, 0.3) is 11.1 Å². The fourth-order valence-electron chi connectivity index (χ4n) is 1.96. The highest BCUT2D eigenvalue weighted by Crippen LogP contribution is 2.26. The Morgan fingerprint density at radius 3 is 2.41 bits per heavy atom. The molecule has 0 aliphatic rings. The van der Waals surface area contributed by atoms with Crippen LogP contribution in [-0.4, -0.2) is 16.1 Å². The number of aryl methyl sites for hydroxylation is 2. The predicted octanol–water partition coefficient (Wildman–Crippen LogP) is 3.06. The van der Waals surface area contributed by atoms with Crippen LogP contribution in [0.2, 0.25) is 0 Å². The van der Waals surface area contributed by atoms with Crippen LogP contribution in [0.3, 0.4) is 0 Å². The molecule has 3 nitrogen and oxygen atoms in total. The van der Waals surface area contributed by atoms with Gasteiger partial charge in [-0.2, -0.15) is 0 Å². The first kappa shape index (κ1) is 11.3. The molecule has 1 aromatic heterocycles. The Balaban J connectivity index is 2.61. The summed E-state index contributed by atoms with van der Waals surface area (Å²) in [7, 11) is 0. The smallest absolute Gasteiger partial charge is 0.337 e. The van der Waals surface area contributed by atoms with E-state index in [1.54, 1.807) is 12.3 Å². The Morgan fingerprint density at radius 2 is 1.82 bits per heavy atom. The molecule has 1 aromatic carbocycles. The second-order valence-corrected chi connectivity index (χ2v) is 4.03. The number of rotatable bonds is 2. The number of hydrogen-bond acceptors (Lipinski definition) is 2. The molecular formula is C14H13NO2. The second-order valence-electron chi connectivity index (χ2n) is 4.03. The number of nitrogens with zero attached hydrogens (tertiary/aromatic N) is 1. The van der Waals surface area contributed by atoms with Crippen LogP contribution >= 0.6 is 0 Å². The lowest BCUT2D eigenvalue weighted by Gasteiger charge is -2.09. The van der Waals surface area contributed by atoms with Gasteiger partial charge in [0.15, 0.2) is 0 Å². The number of aromatic carboxylic acids is 1. The molecule has 0 bridgehead atoms. The minimum atomic E-state index is -0.953. The van der Waals surface area contributed by atoms with Crippen LogP contribution in [-0.2, 0) is 0 Å². The van der Waals surface area contributed by atoms with Crippen molar-refractivity contribution < 1.29 is 9.90 Å². The van der Waals surface area contributed by atoms with E-state index in [1.807, 2.05) is 32.0 Å². The molecule has 17 heavy (non-hydrogen) atoms. The van der Waals surface area contributed by atoms with Gasteiger partial charge in [-0.3, -0.25) is 4.98 Å². The largest absolute Gasteiger partial charge is 0.478 e. The molecule has 0 amide bonds. The summed E-state index contributed by atoms with van der Waals surface area (Å²) < 4.78 is 0. The van der Waals surface area contributed by atoms with Crippen LogP contribution in [0.4, 0.5) is 0 Å². The maximum absolute atomic E-state index is 10.9. The van der Waals surface area contributed by atoms with Crippen molar-refractivity contribution in [1.29, 1.82) is 0 Å². The summed E-state index contributed by atoms with van der Waals surface area (Å²) in [4.78, 5) is 14.9. The molecule has 1 N–H and O–H groups in total. The molecule has 1 heterocycles. The van der Waals surface area contributed by atoms with Gasteiger partial charge in [0.25, 0.3) is 0 Å². The van der Waals surface area contributed by atoms with E-state index in [-0.39, 0.29) is 5.56 Å². The minimum absolute atomic E-state index is 0.213. The highest BCUT2D eigenvalue weighted by molar-refractivity contribution is 5.89. The van der Waals surface area contributed by atoms with E-state index in [0.29, 0.717) is 0 Å². The summed E-state index contributed by atoms with van der Waals surface area (Å²) >= 11 is 0. The molecule has 2 aromatic rings. The topological polar surface area (TPSA) is 50.2 Å². The van der Waals surface area contributed by atoms with Gasteiger partial charge in [0.1, 0.15) is 0 Å². The van der Waals surface area contributed by atoms with E-state index in [0.717, 1.165) is 22.3 Å². The quantitative estimate of drug-likeness (QED) is 0.857. The third-order valence-electron chi connectivity index (χ3n) is 2.75. The van der Waals surface area contributed by atoms with Crippen molar-refractivity contribution in [2.24, 2.45) is 0 Å². The van der Waals surface area contributed by atoms with E-state index in [9.17, 15) is 4.79 Å². The number of pyridine rings is 1. The molecule has 2 rings (SSSR count). The number of carboxylic acids is 1. The van der Waals surface area contributed by atoms with Gasteiger partial charge >= 0.3 is 5.97 Å². The zero-order chi connectivity index (χ0) is 12.4. The SMILES string of the molecule is Cc1cccc(C)c1-c1cncc(C(=O)O)c1. The van der Waals surface area contributed by atoms with Gasteiger partial charge in [0, 0.05) is 18.0 Å². The molecule has 0 saturated heterocycles. The second kappa shape index (κ2) is 4.37. The third-order valence-corrected chi connectivity index (χ3v) is 2.75. The molecule has 86 valence electrons. The first-order valence-electron chi connectivity index (χ1n) is 5.34. The van der Waals surface area contributed by atoms with Gasteiger partial charge in [-0.1, -0.05) is 18.2 Å². The molecule has 0 radical (unpaired) electrons. The Kier molecular flexibility index (Phi) is 2.91. The molecule has 0 unspecified atom stereocenters. The summed E-state index contributed by atoms with van der Waals surface area (Å²) in [6.45, 7) is 4.02. The Bertz CT molecular complexity index is 556. The van der Waals surface area contributed by atoms with Gasteiger partial charge < -0.3 is 5.11 Å². The third kappa shape index (κ3) is 2.18. The summed E-state index contributed by atoms with van der Waals surface area (Å²) in [5.74, 6) is -0.953. The summed E-state index contributed by atoms with van der Waals surface area (Å²) in [5.41, 5.74) is 4.36. The average molecular weight is 227 g/mol. The molecule has 0 atom stereocenters. The standard InChI is InChI=1S/C14H13NO2/c1-9-4-3-5-10(2)13(9)11-6-12(14(16)17)8-15-7-11/h3-8H,1-2H3,(H,16,17). The first-order valence-corrected chi connectivity index (χ1v) is 5.34. The molecular weight excluding hydrogens is 214 g/mol. The van der Waals surface area contributed by atoms with Crippen molar-refractivity contribution in [2.75, 3.05) is 0 Å². The van der Waals surface area contributed by atoms with Crippen molar-refractivity contribution in [3.63, 3.8) is 0 Å². The van der Waals surface area contributed by atoms with Crippen molar-refractivity contribution in [1.82, 2.24) is 4.98 Å². The van der Waals surface area contributed by atoms with E-state index in [1.165, 1.54) is 6.20 Å². The van der Waals surface area contributed by atoms with Crippen LogP contribution in [0.1, 0.15) is 21.5 Å².